The van der Waals surface area contributed by atoms with Crippen LogP contribution in [0.4, 0.5) is 0 Å². The molecule has 0 spiro atoms. The van der Waals surface area contributed by atoms with E-state index in [1.165, 1.54) is 15.2 Å². The molecule has 0 amide bonds. The zero-order chi connectivity index (χ0) is 19.6. The van der Waals surface area contributed by atoms with E-state index in [2.05, 4.69) is 101 Å². The van der Waals surface area contributed by atoms with Crippen LogP contribution < -0.4 is 10.4 Å². The van der Waals surface area contributed by atoms with Gasteiger partial charge in [-0.1, -0.05) is 106 Å². The second-order valence-electron chi connectivity index (χ2n) is 9.15. The second kappa shape index (κ2) is 7.49. The van der Waals surface area contributed by atoms with Crippen LogP contribution in [0.5, 0.6) is 0 Å². The molecule has 0 radical (unpaired) electrons. The Balaban J connectivity index is 3.04. The van der Waals surface area contributed by atoms with Crippen molar-refractivity contribution in [2.75, 3.05) is 0 Å². The monoisotopic (exact) mass is 380 g/mol. The molecular weight excluding hydrogens is 348 g/mol. The second-order valence-corrected chi connectivity index (χ2v) is 19.4. The Kier molecular flexibility index (Phi) is 5.93. The lowest BCUT2D eigenvalue weighted by Gasteiger charge is -2.49. The smallest absolute Gasteiger partial charge is 0.151 e. The van der Waals surface area contributed by atoms with E-state index in [-0.39, 0.29) is 10.8 Å². The normalized spacial score (nSPS) is 13.6. The van der Waals surface area contributed by atoms with Crippen LogP contribution >= 0.6 is 0 Å². The minimum atomic E-state index is -2.37. The molecule has 0 atom stereocenters. The number of allylic oxidation sites excluding steroid dienone is 1. The van der Waals surface area contributed by atoms with E-state index in [0.29, 0.717) is 0 Å². The molecule has 2 aromatic rings. The molecule has 138 valence electrons. The summed E-state index contributed by atoms with van der Waals surface area (Å²) in [5.41, 5.74) is 0. The first-order valence-electron chi connectivity index (χ1n) is 9.35. The summed E-state index contributed by atoms with van der Waals surface area (Å²) in [6.07, 6.45) is 1.99. The van der Waals surface area contributed by atoms with Crippen LogP contribution in [0.1, 0.15) is 27.7 Å². The van der Waals surface area contributed by atoms with Gasteiger partial charge in [0.1, 0.15) is 8.07 Å². The highest BCUT2D eigenvalue weighted by atomic mass is 28.4. The lowest BCUT2D eigenvalue weighted by atomic mass is 10.2. The van der Waals surface area contributed by atoms with Crippen LogP contribution in [0.3, 0.4) is 0 Å². The van der Waals surface area contributed by atoms with Crippen molar-refractivity contribution >= 4 is 32.3 Å². The molecule has 0 unspecified atom stereocenters. The topological polar surface area (TPSA) is 17.1 Å². The van der Waals surface area contributed by atoms with Crippen molar-refractivity contribution in [2.45, 2.75) is 52.4 Å². The van der Waals surface area contributed by atoms with Crippen LogP contribution in [-0.4, -0.2) is 21.9 Å². The molecule has 0 heterocycles. The molecular formula is C23H32OSi2. The molecule has 0 saturated heterocycles. The third-order valence-electron chi connectivity index (χ3n) is 5.10. The molecule has 3 heteroatoms. The fourth-order valence-corrected chi connectivity index (χ4v) is 16.6. The molecule has 0 bridgehead atoms. The van der Waals surface area contributed by atoms with Crippen LogP contribution in [0.25, 0.3) is 0 Å². The minimum Gasteiger partial charge on any atom is -0.295 e. The van der Waals surface area contributed by atoms with Gasteiger partial charge in [0, 0.05) is 0 Å². The summed E-state index contributed by atoms with van der Waals surface area (Å²) in [5.74, 6) is 0.162. The first kappa shape index (κ1) is 20.6. The summed E-state index contributed by atoms with van der Waals surface area (Å²) in [4.78, 5) is 13.7. The van der Waals surface area contributed by atoms with Crippen molar-refractivity contribution in [3.8, 4) is 0 Å². The van der Waals surface area contributed by atoms with E-state index in [0.717, 1.165) is 0 Å². The van der Waals surface area contributed by atoms with Gasteiger partial charge in [0.05, 0.1) is 8.07 Å². The number of hydrogen-bond acceptors (Lipinski definition) is 1. The van der Waals surface area contributed by atoms with Gasteiger partial charge >= 0.3 is 0 Å². The van der Waals surface area contributed by atoms with Gasteiger partial charge in [-0.05, 0) is 28.4 Å². The van der Waals surface area contributed by atoms with E-state index in [1.807, 2.05) is 6.08 Å². The van der Waals surface area contributed by atoms with Gasteiger partial charge in [-0.2, -0.15) is 0 Å². The minimum absolute atomic E-state index is 0.0390. The third-order valence-corrected chi connectivity index (χ3v) is 15.8. The summed E-state index contributed by atoms with van der Waals surface area (Å²) < 4.78 is 0. The lowest BCUT2D eigenvalue weighted by molar-refractivity contribution is -0.112. The van der Waals surface area contributed by atoms with Gasteiger partial charge in [0.15, 0.2) is 5.78 Å². The van der Waals surface area contributed by atoms with Gasteiger partial charge < -0.3 is 0 Å². The fraction of sp³-hybridized carbons (Fsp3) is 0.348. The molecule has 0 fully saturated rings. The predicted octanol–water partition coefficient (Wildman–Crippen LogP) is 4.98. The Morgan fingerprint density at radius 2 is 1.19 bits per heavy atom. The average molecular weight is 381 g/mol. The molecule has 2 aromatic carbocycles. The van der Waals surface area contributed by atoms with Crippen LogP contribution in [-0.2, 0) is 4.79 Å². The molecule has 0 saturated carbocycles. The van der Waals surface area contributed by atoms with Crippen LogP contribution in [0.2, 0.25) is 24.7 Å². The molecule has 2 rings (SSSR count). The van der Waals surface area contributed by atoms with Gasteiger partial charge in [0.2, 0.25) is 0 Å². The molecule has 26 heavy (non-hydrogen) atoms. The largest absolute Gasteiger partial charge is 0.295 e. The van der Waals surface area contributed by atoms with E-state index in [4.69, 9.17) is 0 Å². The standard InChI is InChI=1S/C23H32OSi2/c1-19(24)18-22(25(5,6)7)26(23(2,3)4,20-14-10-8-11-15-20)21-16-12-9-13-17-21/h8-18H,1-7H3/b22-18+. The van der Waals surface area contributed by atoms with Crippen molar-refractivity contribution < 1.29 is 4.79 Å². The highest BCUT2D eigenvalue weighted by Crippen LogP contribution is 2.43. The molecule has 0 N–H and O–H groups in total. The Labute approximate surface area is 161 Å². The SMILES string of the molecule is CC(=O)/C=C(\[Si](C)(C)C)[Si](c1ccccc1)(c1ccccc1)C(C)(C)C. The van der Waals surface area contributed by atoms with Crippen LogP contribution in [0.15, 0.2) is 71.6 Å². The fourth-order valence-electron chi connectivity index (χ4n) is 4.21. The Morgan fingerprint density at radius 1 is 0.808 bits per heavy atom. The molecule has 0 aliphatic rings. The van der Waals surface area contributed by atoms with Gasteiger partial charge in [0.25, 0.3) is 0 Å². The first-order chi connectivity index (χ1) is 12.0. The maximum atomic E-state index is 12.3. The van der Waals surface area contributed by atoms with E-state index in [9.17, 15) is 4.79 Å². The number of carbonyl (C=O) groups is 1. The molecule has 0 aliphatic heterocycles. The van der Waals surface area contributed by atoms with Crippen molar-refractivity contribution in [1.29, 1.82) is 0 Å². The Morgan fingerprint density at radius 3 is 1.46 bits per heavy atom. The van der Waals surface area contributed by atoms with Crippen molar-refractivity contribution in [2.24, 2.45) is 0 Å². The van der Waals surface area contributed by atoms with Gasteiger partial charge in [-0.25, -0.2) is 0 Å². The summed E-state index contributed by atoms with van der Waals surface area (Å²) in [7, 11) is -4.13. The predicted molar refractivity (Wildman–Crippen MR) is 120 cm³/mol. The summed E-state index contributed by atoms with van der Waals surface area (Å²) in [5, 5.41) is 2.83. The highest BCUT2D eigenvalue weighted by molar-refractivity contribution is 7.19. The highest BCUT2D eigenvalue weighted by Gasteiger charge is 2.53. The van der Waals surface area contributed by atoms with Crippen LogP contribution in [0, 0.1) is 0 Å². The third kappa shape index (κ3) is 3.84. The first-order valence-corrected chi connectivity index (χ1v) is 14.9. The number of carbonyl (C=O) groups excluding carboxylic acids is 1. The van der Waals surface area contributed by atoms with Crippen molar-refractivity contribution in [3.05, 3.63) is 71.6 Å². The molecule has 1 nitrogen and oxygen atoms in total. The summed E-state index contributed by atoms with van der Waals surface area (Å²) in [6.45, 7) is 15.9. The molecule has 0 aliphatic carbocycles. The Bertz CT molecular complexity index is 739. The Hall–Kier alpha value is -1.72. The summed E-state index contributed by atoms with van der Waals surface area (Å²) in [6, 6.07) is 21.8. The number of ketones is 1. The van der Waals surface area contributed by atoms with Gasteiger partial charge in [-0.3, -0.25) is 4.79 Å². The van der Waals surface area contributed by atoms with Crippen molar-refractivity contribution in [3.63, 3.8) is 0 Å². The number of benzene rings is 2. The van der Waals surface area contributed by atoms with E-state index >= 15 is 0 Å². The maximum Gasteiger partial charge on any atom is 0.151 e. The quantitative estimate of drug-likeness (QED) is 0.528. The van der Waals surface area contributed by atoms with Gasteiger partial charge in [-0.15, -0.1) is 0 Å². The summed E-state index contributed by atoms with van der Waals surface area (Å²) >= 11 is 0. The molecule has 0 aromatic heterocycles. The zero-order valence-electron chi connectivity index (χ0n) is 17.3. The number of rotatable bonds is 5. The van der Waals surface area contributed by atoms with E-state index in [1.54, 1.807) is 6.92 Å². The average Bonchev–Trinajstić information content (AvgIpc) is 2.54. The van der Waals surface area contributed by atoms with E-state index < -0.39 is 16.1 Å². The van der Waals surface area contributed by atoms with Crippen molar-refractivity contribution in [1.82, 2.24) is 0 Å². The maximum absolute atomic E-state index is 12.3. The lowest BCUT2D eigenvalue weighted by Crippen LogP contribution is -2.69. The number of hydrogen-bond donors (Lipinski definition) is 0. The zero-order valence-corrected chi connectivity index (χ0v) is 19.3.